The van der Waals surface area contributed by atoms with Gasteiger partial charge in [0, 0.05) is 6.42 Å². The molecule has 0 bridgehead atoms. The monoisotopic (exact) mass is 180 g/mol. The van der Waals surface area contributed by atoms with Crippen molar-refractivity contribution in [1.82, 2.24) is 9.97 Å². The van der Waals surface area contributed by atoms with Gasteiger partial charge in [-0.2, -0.15) is 0 Å². The van der Waals surface area contributed by atoms with E-state index in [4.69, 9.17) is 0 Å². The van der Waals surface area contributed by atoms with E-state index in [0.717, 1.165) is 17.1 Å². The van der Waals surface area contributed by atoms with Gasteiger partial charge in [-0.3, -0.25) is 0 Å². The fourth-order valence-electron chi connectivity index (χ4n) is 1.25. The Morgan fingerprint density at radius 2 is 2.50 bits per heavy atom. The number of aromatic nitrogens is 2. The van der Waals surface area contributed by atoms with Crippen molar-refractivity contribution in [2.45, 2.75) is 26.2 Å². The second-order valence-corrected chi connectivity index (χ2v) is 3.82. The molecule has 2 aromatic rings. The highest BCUT2D eigenvalue weighted by atomic mass is 32.1. The maximum Gasteiger partial charge on any atom is 0.141 e. The van der Waals surface area contributed by atoms with Crippen molar-refractivity contribution in [2.75, 3.05) is 0 Å². The summed E-state index contributed by atoms with van der Waals surface area (Å²) in [4.78, 5) is 8.92. The largest absolute Gasteiger partial charge is 0.341 e. The van der Waals surface area contributed by atoms with Gasteiger partial charge in [-0.05, 0) is 17.9 Å². The maximum absolute atomic E-state index is 4.47. The van der Waals surface area contributed by atoms with Crippen LogP contribution in [0.4, 0.5) is 0 Å². The van der Waals surface area contributed by atoms with Crippen LogP contribution in [0.25, 0.3) is 10.3 Å². The van der Waals surface area contributed by atoms with Crippen molar-refractivity contribution in [3.63, 3.8) is 0 Å². The molecule has 0 aliphatic rings. The van der Waals surface area contributed by atoms with Crippen molar-refractivity contribution >= 4 is 21.7 Å². The van der Waals surface area contributed by atoms with Crippen LogP contribution in [0.1, 0.15) is 25.6 Å². The summed E-state index contributed by atoms with van der Waals surface area (Å²) in [5, 5.41) is 2.07. The van der Waals surface area contributed by atoms with Gasteiger partial charge in [0.1, 0.15) is 10.7 Å². The molecule has 2 heterocycles. The summed E-state index contributed by atoms with van der Waals surface area (Å²) in [5.41, 5.74) is 1.19. The van der Waals surface area contributed by atoms with Crippen LogP contribution in [0, 0.1) is 0 Å². The number of hydrogen-bond acceptors (Lipinski definition) is 2. The number of nitrogens with zero attached hydrogens (tertiary/aromatic N) is 1. The quantitative estimate of drug-likeness (QED) is 0.773. The van der Waals surface area contributed by atoms with Crippen LogP contribution in [-0.4, -0.2) is 9.97 Å². The summed E-state index contributed by atoms with van der Waals surface area (Å²) in [6.07, 6.45) is 3.53. The van der Waals surface area contributed by atoms with E-state index in [9.17, 15) is 0 Å². The van der Waals surface area contributed by atoms with Crippen LogP contribution < -0.4 is 0 Å². The van der Waals surface area contributed by atoms with Crippen molar-refractivity contribution in [3.05, 3.63) is 17.3 Å². The van der Waals surface area contributed by atoms with E-state index < -0.39 is 0 Å². The van der Waals surface area contributed by atoms with Gasteiger partial charge >= 0.3 is 0 Å². The Bertz CT molecular complexity index is 333. The van der Waals surface area contributed by atoms with Crippen molar-refractivity contribution in [1.29, 1.82) is 0 Å². The van der Waals surface area contributed by atoms with E-state index in [1.165, 1.54) is 18.4 Å². The Labute approximate surface area is 75.6 Å². The number of fused-ring (bicyclic) bond motifs is 1. The summed E-state index contributed by atoms with van der Waals surface area (Å²) < 4.78 is 0. The molecule has 0 aliphatic carbocycles. The molecule has 0 saturated heterocycles. The fourth-order valence-corrected chi connectivity index (χ4v) is 1.99. The van der Waals surface area contributed by atoms with Gasteiger partial charge in [-0.25, -0.2) is 4.98 Å². The van der Waals surface area contributed by atoms with E-state index >= 15 is 0 Å². The number of imidazole rings is 1. The first-order chi connectivity index (χ1) is 5.90. The number of nitrogens with one attached hydrogen (secondary N) is 1. The summed E-state index contributed by atoms with van der Waals surface area (Å²) in [5.74, 6) is 1.14. The fraction of sp³-hybridized carbons (Fsp3) is 0.444. The number of hydrogen-bond donors (Lipinski definition) is 1. The topological polar surface area (TPSA) is 28.7 Å². The highest BCUT2D eigenvalue weighted by molar-refractivity contribution is 7.16. The van der Waals surface area contributed by atoms with E-state index in [-0.39, 0.29) is 0 Å². The highest BCUT2D eigenvalue weighted by Crippen LogP contribution is 2.18. The number of H-pyrrole nitrogens is 1. The average Bonchev–Trinajstić information content (AvgIpc) is 2.58. The molecule has 3 heteroatoms. The lowest BCUT2D eigenvalue weighted by atomic mass is 10.2. The van der Waals surface area contributed by atoms with Gasteiger partial charge < -0.3 is 4.98 Å². The summed E-state index contributed by atoms with van der Waals surface area (Å²) in [6.45, 7) is 2.20. The normalized spacial score (nSPS) is 11.1. The first-order valence-corrected chi connectivity index (χ1v) is 5.20. The number of aromatic amines is 1. The van der Waals surface area contributed by atoms with Crippen LogP contribution in [-0.2, 0) is 6.42 Å². The average molecular weight is 180 g/mol. The molecular formula is C9H12N2S. The Balaban J connectivity index is 2.21. The molecule has 1 N–H and O–H groups in total. The van der Waals surface area contributed by atoms with Gasteiger partial charge in [0.25, 0.3) is 0 Å². The molecule has 0 amide bonds. The third-order valence-electron chi connectivity index (χ3n) is 1.93. The second-order valence-electron chi connectivity index (χ2n) is 2.93. The van der Waals surface area contributed by atoms with Crippen LogP contribution in [0.2, 0.25) is 0 Å². The highest BCUT2D eigenvalue weighted by Gasteiger charge is 2.01. The number of thiophene rings is 1. The predicted octanol–water partition coefficient (Wildman–Crippen LogP) is 2.97. The molecule has 0 radical (unpaired) electrons. The minimum absolute atomic E-state index is 1.08. The molecule has 0 aliphatic heterocycles. The molecule has 0 atom stereocenters. The van der Waals surface area contributed by atoms with Gasteiger partial charge in [-0.1, -0.05) is 13.3 Å². The van der Waals surface area contributed by atoms with Crippen molar-refractivity contribution in [3.8, 4) is 0 Å². The van der Waals surface area contributed by atoms with Gasteiger partial charge in [0.05, 0.1) is 5.52 Å². The molecule has 2 nitrogen and oxygen atoms in total. The molecule has 0 unspecified atom stereocenters. The SMILES string of the molecule is CCCCc1nc2sccc2[nH]1. The second kappa shape index (κ2) is 3.27. The van der Waals surface area contributed by atoms with Crippen LogP contribution in [0.15, 0.2) is 11.4 Å². The zero-order chi connectivity index (χ0) is 8.39. The van der Waals surface area contributed by atoms with E-state index in [1.807, 2.05) is 0 Å². The summed E-state index contributed by atoms with van der Waals surface area (Å²) >= 11 is 1.70. The van der Waals surface area contributed by atoms with Crippen LogP contribution >= 0.6 is 11.3 Å². The number of rotatable bonds is 3. The molecule has 0 aromatic carbocycles. The molecular weight excluding hydrogens is 168 g/mol. The van der Waals surface area contributed by atoms with E-state index in [2.05, 4.69) is 28.3 Å². The molecule has 12 heavy (non-hydrogen) atoms. The molecule has 0 saturated carbocycles. The number of aryl methyl sites for hydroxylation is 1. The molecule has 2 aromatic heterocycles. The Hall–Kier alpha value is -0.830. The lowest BCUT2D eigenvalue weighted by Crippen LogP contribution is -1.86. The lowest BCUT2D eigenvalue weighted by Gasteiger charge is -1.90. The Kier molecular flexibility index (Phi) is 2.13. The third kappa shape index (κ3) is 1.37. The van der Waals surface area contributed by atoms with E-state index in [0.29, 0.717) is 0 Å². The van der Waals surface area contributed by atoms with E-state index in [1.54, 1.807) is 11.3 Å². The number of unbranched alkanes of at least 4 members (excludes halogenated alkanes) is 1. The van der Waals surface area contributed by atoms with Crippen LogP contribution in [0.3, 0.4) is 0 Å². The third-order valence-corrected chi connectivity index (χ3v) is 2.73. The molecule has 0 spiro atoms. The smallest absolute Gasteiger partial charge is 0.141 e. The first-order valence-electron chi connectivity index (χ1n) is 4.32. The zero-order valence-corrected chi connectivity index (χ0v) is 7.95. The molecule has 0 fully saturated rings. The maximum atomic E-state index is 4.47. The lowest BCUT2D eigenvalue weighted by molar-refractivity contribution is 0.765. The Morgan fingerprint density at radius 3 is 3.25 bits per heavy atom. The predicted molar refractivity (Wildman–Crippen MR) is 52.6 cm³/mol. The van der Waals surface area contributed by atoms with Gasteiger partial charge in [-0.15, -0.1) is 11.3 Å². The van der Waals surface area contributed by atoms with Crippen molar-refractivity contribution < 1.29 is 0 Å². The molecule has 64 valence electrons. The standard InChI is InChI=1S/C9H12N2S/c1-2-3-4-8-10-7-5-6-12-9(7)11-8/h5-6H,2-4H2,1H3,(H,10,11). The summed E-state index contributed by atoms with van der Waals surface area (Å²) in [7, 11) is 0. The minimum atomic E-state index is 1.08. The minimum Gasteiger partial charge on any atom is -0.341 e. The van der Waals surface area contributed by atoms with Gasteiger partial charge in [0.2, 0.25) is 0 Å². The van der Waals surface area contributed by atoms with Gasteiger partial charge in [0.15, 0.2) is 0 Å². The van der Waals surface area contributed by atoms with Crippen LogP contribution in [0.5, 0.6) is 0 Å². The Morgan fingerprint density at radius 1 is 1.58 bits per heavy atom. The summed E-state index contributed by atoms with van der Waals surface area (Å²) in [6, 6.07) is 2.09. The zero-order valence-electron chi connectivity index (χ0n) is 7.13. The van der Waals surface area contributed by atoms with Crippen molar-refractivity contribution in [2.24, 2.45) is 0 Å². The molecule has 2 rings (SSSR count). The first kappa shape index (κ1) is 7.80.